The van der Waals surface area contributed by atoms with Crippen LogP contribution < -0.4 is 4.74 Å². The summed E-state index contributed by atoms with van der Waals surface area (Å²) in [6.07, 6.45) is 5.73. The molecule has 1 aliphatic heterocycles. The summed E-state index contributed by atoms with van der Waals surface area (Å²) in [6, 6.07) is 5.79. The molecule has 18 heavy (non-hydrogen) atoms. The molecule has 0 amide bonds. The molecule has 2 aliphatic rings. The number of benzene rings is 1. The lowest BCUT2D eigenvalue weighted by Crippen LogP contribution is -2.25. The fraction of sp³-hybridized carbons (Fsp3) is 0.533. The summed E-state index contributed by atoms with van der Waals surface area (Å²) in [4.78, 5) is 11.7. The van der Waals surface area contributed by atoms with Gasteiger partial charge in [-0.25, -0.2) is 0 Å². The Morgan fingerprint density at radius 3 is 2.94 bits per heavy atom. The lowest BCUT2D eigenvalue weighted by Gasteiger charge is -2.24. The van der Waals surface area contributed by atoms with Crippen molar-refractivity contribution in [1.82, 2.24) is 0 Å². The molecule has 1 unspecified atom stereocenters. The van der Waals surface area contributed by atoms with Crippen LogP contribution >= 0.6 is 0 Å². The Kier molecular flexibility index (Phi) is 3.33. The number of ketones is 1. The van der Waals surface area contributed by atoms with Gasteiger partial charge >= 0.3 is 0 Å². The molecule has 1 saturated heterocycles. The van der Waals surface area contributed by atoms with E-state index in [1.807, 2.05) is 18.2 Å². The van der Waals surface area contributed by atoms with E-state index in [1.165, 1.54) is 0 Å². The Morgan fingerprint density at radius 2 is 2.11 bits per heavy atom. The first kappa shape index (κ1) is 11.7. The van der Waals surface area contributed by atoms with Gasteiger partial charge in [-0.1, -0.05) is 0 Å². The van der Waals surface area contributed by atoms with Crippen molar-refractivity contribution in [3.8, 4) is 5.75 Å². The molecule has 3 nitrogen and oxygen atoms in total. The van der Waals surface area contributed by atoms with Gasteiger partial charge in [0, 0.05) is 18.4 Å². The number of carbonyl (C=O) groups is 1. The van der Waals surface area contributed by atoms with Crippen LogP contribution in [0, 0.1) is 0 Å². The van der Waals surface area contributed by atoms with Gasteiger partial charge in [0.05, 0.1) is 6.61 Å². The Bertz CT molecular complexity index is 447. The normalized spacial score (nSPS) is 23.6. The van der Waals surface area contributed by atoms with E-state index in [2.05, 4.69) is 0 Å². The van der Waals surface area contributed by atoms with E-state index in [0.29, 0.717) is 6.42 Å². The summed E-state index contributed by atoms with van der Waals surface area (Å²) in [7, 11) is 0. The van der Waals surface area contributed by atoms with Crippen LogP contribution in [-0.2, 0) is 11.2 Å². The Morgan fingerprint density at radius 1 is 1.17 bits per heavy atom. The number of hydrogen-bond acceptors (Lipinski definition) is 3. The van der Waals surface area contributed by atoms with Crippen molar-refractivity contribution in [3.63, 3.8) is 0 Å². The molecule has 1 fully saturated rings. The fourth-order valence-electron chi connectivity index (χ4n) is 2.65. The van der Waals surface area contributed by atoms with Crippen molar-refractivity contribution in [3.05, 3.63) is 29.3 Å². The van der Waals surface area contributed by atoms with E-state index in [1.54, 1.807) is 0 Å². The maximum absolute atomic E-state index is 11.7. The maximum Gasteiger partial charge on any atom is 0.199 e. The summed E-state index contributed by atoms with van der Waals surface area (Å²) in [5, 5.41) is 0. The minimum atomic E-state index is -0.115. The monoisotopic (exact) mass is 246 g/mol. The lowest BCUT2D eigenvalue weighted by atomic mass is 9.90. The van der Waals surface area contributed by atoms with Gasteiger partial charge < -0.3 is 9.47 Å². The number of fused-ring (bicyclic) bond motifs is 1. The van der Waals surface area contributed by atoms with Gasteiger partial charge in [0.1, 0.15) is 5.75 Å². The van der Waals surface area contributed by atoms with Crippen LogP contribution in [0.15, 0.2) is 18.2 Å². The molecule has 0 bridgehead atoms. The number of ether oxygens (including phenoxy) is 2. The van der Waals surface area contributed by atoms with Crippen LogP contribution in [0.1, 0.15) is 48.0 Å². The molecule has 3 heteroatoms. The van der Waals surface area contributed by atoms with Crippen LogP contribution in [0.5, 0.6) is 5.75 Å². The molecule has 1 atom stereocenters. The highest BCUT2D eigenvalue weighted by Gasteiger charge is 2.19. The standard InChI is InChI=1S/C15H18O3/c16-14-5-3-4-11-10-12(7-8-13(11)14)18-15-6-1-2-9-17-15/h7-8,10,15H,1-6,9H2. The summed E-state index contributed by atoms with van der Waals surface area (Å²) >= 11 is 0. The molecule has 0 radical (unpaired) electrons. The van der Waals surface area contributed by atoms with Gasteiger partial charge in [0.15, 0.2) is 12.1 Å². The van der Waals surface area contributed by atoms with Crippen LogP contribution in [0.2, 0.25) is 0 Å². The highest BCUT2D eigenvalue weighted by atomic mass is 16.7. The quantitative estimate of drug-likeness (QED) is 0.804. The van der Waals surface area contributed by atoms with Crippen LogP contribution in [0.25, 0.3) is 0 Å². The van der Waals surface area contributed by atoms with Gasteiger partial charge in [0.25, 0.3) is 0 Å². The molecule has 0 spiro atoms. The zero-order valence-corrected chi connectivity index (χ0v) is 10.5. The minimum absolute atomic E-state index is 0.115. The first-order valence-corrected chi connectivity index (χ1v) is 6.77. The summed E-state index contributed by atoms with van der Waals surface area (Å²) in [5.41, 5.74) is 2.00. The molecular formula is C15H18O3. The van der Waals surface area contributed by atoms with E-state index in [9.17, 15) is 4.79 Å². The predicted molar refractivity (Wildman–Crippen MR) is 67.9 cm³/mol. The SMILES string of the molecule is O=C1CCCc2cc(OC3CCCCO3)ccc21. The second-order valence-corrected chi connectivity index (χ2v) is 5.01. The molecular weight excluding hydrogens is 228 g/mol. The highest BCUT2D eigenvalue weighted by molar-refractivity contribution is 5.98. The average Bonchev–Trinajstić information content (AvgIpc) is 2.40. The van der Waals surface area contributed by atoms with Gasteiger partial charge in [-0.3, -0.25) is 4.79 Å². The molecule has 3 rings (SSSR count). The maximum atomic E-state index is 11.7. The van der Waals surface area contributed by atoms with Gasteiger partial charge in [-0.15, -0.1) is 0 Å². The largest absolute Gasteiger partial charge is 0.465 e. The van der Waals surface area contributed by atoms with Crippen LogP contribution in [0.4, 0.5) is 0 Å². The highest BCUT2D eigenvalue weighted by Crippen LogP contribution is 2.27. The van der Waals surface area contributed by atoms with Gasteiger partial charge in [0.2, 0.25) is 0 Å². The van der Waals surface area contributed by atoms with Crippen molar-refractivity contribution < 1.29 is 14.3 Å². The molecule has 0 aromatic heterocycles. The van der Waals surface area contributed by atoms with Gasteiger partial charge in [-0.2, -0.15) is 0 Å². The minimum Gasteiger partial charge on any atom is -0.465 e. The zero-order chi connectivity index (χ0) is 12.4. The van der Waals surface area contributed by atoms with Crippen molar-refractivity contribution in [2.45, 2.75) is 44.8 Å². The van der Waals surface area contributed by atoms with Crippen molar-refractivity contribution in [2.75, 3.05) is 6.61 Å². The van der Waals surface area contributed by atoms with Crippen LogP contribution in [-0.4, -0.2) is 18.7 Å². The third kappa shape index (κ3) is 2.41. The van der Waals surface area contributed by atoms with Crippen molar-refractivity contribution in [2.24, 2.45) is 0 Å². The van der Waals surface area contributed by atoms with Crippen molar-refractivity contribution in [1.29, 1.82) is 0 Å². The topological polar surface area (TPSA) is 35.5 Å². The Hall–Kier alpha value is -1.35. The predicted octanol–water partition coefficient (Wildman–Crippen LogP) is 3.11. The van der Waals surface area contributed by atoms with E-state index < -0.39 is 0 Å². The first-order valence-electron chi connectivity index (χ1n) is 6.77. The molecule has 1 aromatic rings. The number of hydrogen-bond donors (Lipinski definition) is 0. The number of rotatable bonds is 2. The van der Waals surface area contributed by atoms with E-state index in [4.69, 9.17) is 9.47 Å². The molecule has 1 heterocycles. The Balaban J connectivity index is 1.75. The van der Waals surface area contributed by atoms with Crippen molar-refractivity contribution >= 4 is 5.78 Å². The first-order chi connectivity index (χ1) is 8.83. The second-order valence-electron chi connectivity index (χ2n) is 5.01. The second kappa shape index (κ2) is 5.11. The zero-order valence-electron chi connectivity index (χ0n) is 10.5. The molecule has 1 aliphatic carbocycles. The molecule has 96 valence electrons. The number of aryl methyl sites for hydroxylation is 1. The lowest BCUT2D eigenvalue weighted by molar-refractivity contribution is -0.105. The van der Waals surface area contributed by atoms with E-state index in [0.717, 1.165) is 55.6 Å². The average molecular weight is 246 g/mol. The smallest absolute Gasteiger partial charge is 0.199 e. The van der Waals surface area contributed by atoms with Gasteiger partial charge in [-0.05, 0) is 49.4 Å². The number of Topliss-reactive ketones (excluding diaryl/α,β-unsaturated/α-hetero) is 1. The number of carbonyl (C=O) groups excluding carboxylic acids is 1. The molecule has 0 saturated carbocycles. The molecule has 1 aromatic carbocycles. The van der Waals surface area contributed by atoms with E-state index in [-0.39, 0.29) is 12.1 Å². The fourth-order valence-corrected chi connectivity index (χ4v) is 2.65. The molecule has 0 N–H and O–H groups in total. The summed E-state index contributed by atoms with van der Waals surface area (Å²) in [5.74, 6) is 1.09. The Labute approximate surface area is 107 Å². The van der Waals surface area contributed by atoms with E-state index >= 15 is 0 Å². The third-order valence-electron chi connectivity index (χ3n) is 3.63. The van der Waals surface area contributed by atoms with Crippen LogP contribution in [0.3, 0.4) is 0 Å². The summed E-state index contributed by atoms with van der Waals surface area (Å²) in [6.45, 7) is 0.786. The summed E-state index contributed by atoms with van der Waals surface area (Å²) < 4.78 is 11.4. The third-order valence-corrected chi connectivity index (χ3v) is 3.63.